The standard InChI is InChI=1S/C25H36N2O2S/c1-2-20(3-1)26-16-12-25(13-17-26)11-8-19-18-22(4-7-24(19)29-25)28-21-9-14-27(15-10-21)30-23-5-6-23/h4,7,18,20-21,23H,1-3,5-6,8-17H2. The van der Waals surface area contributed by atoms with E-state index in [9.17, 15) is 0 Å². The first-order valence-electron chi connectivity index (χ1n) is 12.4. The first kappa shape index (κ1) is 19.8. The zero-order valence-corrected chi connectivity index (χ0v) is 19.0. The first-order valence-corrected chi connectivity index (χ1v) is 13.2. The lowest BCUT2D eigenvalue weighted by molar-refractivity contribution is -0.0338. The van der Waals surface area contributed by atoms with Gasteiger partial charge in [0, 0.05) is 37.5 Å². The largest absolute Gasteiger partial charge is 0.490 e. The maximum atomic E-state index is 6.65. The zero-order valence-electron chi connectivity index (χ0n) is 18.2. The molecule has 0 N–H and O–H groups in total. The van der Waals surface area contributed by atoms with E-state index in [-0.39, 0.29) is 5.60 Å². The van der Waals surface area contributed by atoms with Crippen molar-refractivity contribution in [1.29, 1.82) is 0 Å². The molecule has 6 rings (SSSR count). The van der Waals surface area contributed by atoms with Gasteiger partial charge in [-0.05, 0) is 88.0 Å². The fraction of sp³-hybridized carbons (Fsp3) is 0.760. The number of benzene rings is 1. The van der Waals surface area contributed by atoms with Gasteiger partial charge in [0.25, 0.3) is 0 Å². The lowest BCUT2D eigenvalue weighted by Gasteiger charge is -2.48. The maximum Gasteiger partial charge on any atom is 0.123 e. The van der Waals surface area contributed by atoms with Gasteiger partial charge in [0.1, 0.15) is 23.2 Å². The van der Waals surface area contributed by atoms with E-state index in [1.807, 2.05) is 0 Å². The highest BCUT2D eigenvalue weighted by molar-refractivity contribution is 7.97. The van der Waals surface area contributed by atoms with E-state index in [1.165, 1.54) is 83.1 Å². The molecule has 3 aliphatic heterocycles. The van der Waals surface area contributed by atoms with Crippen molar-refractivity contribution in [2.45, 2.75) is 93.6 Å². The van der Waals surface area contributed by atoms with Gasteiger partial charge >= 0.3 is 0 Å². The minimum atomic E-state index is 0.0850. The van der Waals surface area contributed by atoms with Crippen LogP contribution in [-0.4, -0.2) is 58.4 Å². The van der Waals surface area contributed by atoms with Crippen LogP contribution in [0.15, 0.2) is 18.2 Å². The van der Waals surface area contributed by atoms with Crippen LogP contribution in [0.25, 0.3) is 0 Å². The van der Waals surface area contributed by atoms with Crippen molar-refractivity contribution in [1.82, 2.24) is 9.21 Å². The summed E-state index contributed by atoms with van der Waals surface area (Å²) in [5.41, 5.74) is 1.43. The quantitative estimate of drug-likeness (QED) is 0.611. The molecule has 2 saturated heterocycles. The average molecular weight is 429 g/mol. The molecule has 0 radical (unpaired) electrons. The Kier molecular flexibility index (Phi) is 5.41. The topological polar surface area (TPSA) is 24.9 Å². The van der Waals surface area contributed by atoms with E-state index >= 15 is 0 Å². The second kappa shape index (κ2) is 8.22. The Labute approximate surface area is 185 Å². The predicted molar refractivity (Wildman–Crippen MR) is 122 cm³/mol. The number of hydrogen-bond acceptors (Lipinski definition) is 5. The first-order chi connectivity index (χ1) is 14.7. The fourth-order valence-electron chi connectivity index (χ4n) is 5.60. The SMILES string of the molecule is c1cc2c(cc1OC1CCN(SC3CC3)CC1)CCC1(CCN(C3CCC3)CC1)O2. The van der Waals surface area contributed by atoms with Gasteiger partial charge in [-0.15, -0.1) is 0 Å². The van der Waals surface area contributed by atoms with Gasteiger partial charge in [0.05, 0.1) is 0 Å². The van der Waals surface area contributed by atoms with Gasteiger partial charge in [-0.3, -0.25) is 4.31 Å². The Morgan fingerprint density at radius 1 is 0.933 bits per heavy atom. The second-order valence-electron chi connectivity index (χ2n) is 10.2. The third-order valence-corrected chi connectivity index (χ3v) is 9.47. The molecule has 2 aliphatic carbocycles. The minimum Gasteiger partial charge on any atom is -0.490 e. The number of ether oxygens (including phenoxy) is 2. The average Bonchev–Trinajstić information content (AvgIpc) is 3.54. The normalized spacial score (nSPS) is 28.0. The monoisotopic (exact) mass is 428 g/mol. The summed E-state index contributed by atoms with van der Waals surface area (Å²) in [6.45, 7) is 4.78. The van der Waals surface area contributed by atoms with Gasteiger partial charge in [0.15, 0.2) is 0 Å². The Morgan fingerprint density at radius 2 is 1.73 bits per heavy atom. The highest BCUT2D eigenvalue weighted by atomic mass is 32.2. The third-order valence-electron chi connectivity index (χ3n) is 8.03. The summed E-state index contributed by atoms with van der Waals surface area (Å²) in [5, 5.41) is 0.914. The molecule has 0 aromatic heterocycles. The van der Waals surface area contributed by atoms with Crippen LogP contribution < -0.4 is 9.47 Å². The van der Waals surface area contributed by atoms with Crippen molar-refractivity contribution in [2.24, 2.45) is 0 Å². The Balaban J connectivity index is 1.03. The molecule has 4 fully saturated rings. The molecule has 3 heterocycles. The number of aryl methyl sites for hydroxylation is 1. The fourth-order valence-corrected chi connectivity index (χ4v) is 6.79. The molecule has 0 atom stereocenters. The molecule has 2 saturated carbocycles. The molecule has 0 bridgehead atoms. The molecule has 1 aromatic carbocycles. The van der Waals surface area contributed by atoms with Crippen LogP contribution in [0.5, 0.6) is 11.5 Å². The summed E-state index contributed by atoms with van der Waals surface area (Å²) < 4.78 is 15.6. The molecule has 164 valence electrons. The van der Waals surface area contributed by atoms with Gasteiger partial charge in [-0.1, -0.05) is 18.4 Å². The van der Waals surface area contributed by atoms with Crippen LogP contribution in [0.1, 0.15) is 69.8 Å². The van der Waals surface area contributed by atoms with Gasteiger partial charge < -0.3 is 14.4 Å². The molecule has 0 unspecified atom stereocenters. The maximum absolute atomic E-state index is 6.65. The molecular weight excluding hydrogens is 392 g/mol. The Hall–Kier alpha value is -0.910. The van der Waals surface area contributed by atoms with Crippen LogP contribution >= 0.6 is 11.9 Å². The highest BCUT2D eigenvalue weighted by Crippen LogP contribution is 2.42. The van der Waals surface area contributed by atoms with E-state index in [2.05, 4.69) is 39.4 Å². The lowest BCUT2D eigenvalue weighted by Crippen LogP contribution is -2.53. The number of fused-ring (bicyclic) bond motifs is 1. The molecule has 1 aromatic rings. The van der Waals surface area contributed by atoms with Crippen molar-refractivity contribution in [2.75, 3.05) is 26.2 Å². The van der Waals surface area contributed by atoms with Gasteiger partial charge in [-0.25, -0.2) is 0 Å². The molecular formula is C25H36N2O2S. The summed E-state index contributed by atoms with van der Waals surface area (Å²) in [5.74, 6) is 2.16. The van der Waals surface area contributed by atoms with E-state index in [0.717, 1.165) is 42.1 Å². The number of nitrogens with zero attached hydrogens (tertiary/aromatic N) is 2. The lowest BCUT2D eigenvalue weighted by atomic mass is 9.81. The summed E-state index contributed by atoms with van der Waals surface area (Å²) >= 11 is 2.09. The summed E-state index contributed by atoms with van der Waals surface area (Å²) in [4.78, 5) is 2.72. The van der Waals surface area contributed by atoms with Crippen molar-refractivity contribution in [3.8, 4) is 11.5 Å². The van der Waals surface area contributed by atoms with Crippen molar-refractivity contribution >= 4 is 11.9 Å². The van der Waals surface area contributed by atoms with Crippen molar-refractivity contribution in [3.63, 3.8) is 0 Å². The van der Waals surface area contributed by atoms with Gasteiger partial charge in [-0.2, -0.15) is 0 Å². The second-order valence-corrected chi connectivity index (χ2v) is 11.6. The predicted octanol–water partition coefficient (Wildman–Crippen LogP) is 5.05. The number of piperidine rings is 2. The molecule has 30 heavy (non-hydrogen) atoms. The third kappa shape index (κ3) is 4.22. The number of hydrogen-bond donors (Lipinski definition) is 0. The van der Waals surface area contributed by atoms with E-state index in [4.69, 9.17) is 9.47 Å². The van der Waals surface area contributed by atoms with Crippen molar-refractivity contribution in [3.05, 3.63) is 23.8 Å². The molecule has 0 amide bonds. The molecule has 4 nitrogen and oxygen atoms in total. The zero-order chi connectivity index (χ0) is 20.0. The summed E-state index contributed by atoms with van der Waals surface area (Å²) in [7, 11) is 0. The van der Waals surface area contributed by atoms with Crippen LogP contribution in [0.3, 0.4) is 0 Å². The van der Waals surface area contributed by atoms with Crippen LogP contribution in [0.4, 0.5) is 0 Å². The van der Waals surface area contributed by atoms with E-state index in [0.29, 0.717) is 6.10 Å². The Bertz CT molecular complexity index is 748. The molecule has 5 aliphatic rings. The summed E-state index contributed by atoms with van der Waals surface area (Å²) in [6.07, 6.45) is 14.4. The van der Waals surface area contributed by atoms with Crippen LogP contribution in [0, 0.1) is 0 Å². The Morgan fingerprint density at radius 3 is 2.43 bits per heavy atom. The van der Waals surface area contributed by atoms with Gasteiger partial charge in [0.2, 0.25) is 0 Å². The molecule has 5 heteroatoms. The summed E-state index contributed by atoms with van der Waals surface area (Å²) in [6, 6.07) is 7.46. The van der Waals surface area contributed by atoms with Crippen LogP contribution in [-0.2, 0) is 6.42 Å². The number of rotatable bonds is 5. The number of likely N-dealkylation sites (tertiary alicyclic amines) is 1. The van der Waals surface area contributed by atoms with E-state index in [1.54, 1.807) is 0 Å². The van der Waals surface area contributed by atoms with Crippen LogP contribution in [0.2, 0.25) is 0 Å². The smallest absolute Gasteiger partial charge is 0.123 e. The van der Waals surface area contributed by atoms with E-state index < -0.39 is 0 Å². The highest BCUT2D eigenvalue weighted by Gasteiger charge is 2.41. The van der Waals surface area contributed by atoms with Crippen molar-refractivity contribution < 1.29 is 9.47 Å². The molecule has 1 spiro atoms. The minimum absolute atomic E-state index is 0.0850.